The SMILES string of the molecule is COC(=O)c1ccc(N)c(Sc2ccc(F)c(F)c2)c1. The van der Waals surface area contributed by atoms with Crippen LogP contribution in [0, 0.1) is 11.6 Å². The van der Waals surface area contributed by atoms with Gasteiger partial charge in [-0.2, -0.15) is 0 Å². The number of esters is 1. The summed E-state index contributed by atoms with van der Waals surface area (Å²) in [5.41, 5.74) is 6.58. The van der Waals surface area contributed by atoms with Crippen LogP contribution in [0.3, 0.4) is 0 Å². The van der Waals surface area contributed by atoms with Crippen LogP contribution in [0.25, 0.3) is 0 Å². The molecule has 0 atom stereocenters. The van der Waals surface area contributed by atoms with Crippen molar-refractivity contribution in [2.75, 3.05) is 12.8 Å². The van der Waals surface area contributed by atoms with Gasteiger partial charge in [0.2, 0.25) is 0 Å². The number of halogens is 2. The third kappa shape index (κ3) is 3.08. The molecule has 0 saturated heterocycles. The van der Waals surface area contributed by atoms with Crippen LogP contribution in [-0.4, -0.2) is 13.1 Å². The van der Waals surface area contributed by atoms with Gasteiger partial charge in [0, 0.05) is 15.5 Å². The second kappa shape index (κ2) is 5.92. The first-order valence-corrected chi connectivity index (χ1v) is 6.43. The molecule has 6 heteroatoms. The van der Waals surface area contributed by atoms with Gasteiger partial charge >= 0.3 is 5.97 Å². The van der Waals surface area contributed by atoms with Gasteiger partial charge in [-0.3, -0.25) is 0 Å². The van der Waals surface area contributed by atoms with E-state index in [0.717, 1.165) is 23.9 Å². The molecule has 0 aliphatic rings. The average molecular weight is 295 g/mol. The predicted octanol–water partition coefficient (Wildman–Crippen LogP) is 3.48. The topological polar surface area (TPSA) is 52.3 Å². The molecule has 0 heterocycles. The summed E-state index contributed by atoms with van der Waals surface area (Å²) < 4.78 is 30.6. The molecular weight excluding hydrogens is 284 g/mol. The van der Waals surface area contributed by atoms with E-state index in [9.17, 15) is 13.6 Å². The van der Waals surface area contributed by atoms with Crippen molar-refractivity contribution in [3.63, 3.8) is 0 Å². The van der Waals surface area contributed by atoms with Crippen LogP contribution in [0.5, 0.6) is 0 Å². The van der Waals surface area contributed by atoms with Crippen LogP contribution in [0.4, 0.5) is 14.5 Å². The van der Waals surface area contributed by atoms with Gasteiger partial charge in [0.05, 0.1) is 12.7 Å². The van der Waals surface area contributed by atoms with Crippen LogP contribution in [-0.2, 0) is 4.74 Å². The van der Waals surface area contributed by atoms with Crippen LogP contribution in [0.2, 0.25) is 0 Å². The number of carbonyl (C=O) groups is 1. The summed E-state index contributed by atoms with van der Waals surface area (Å²) in [4.78, 5) is 12.5. The lowest BCUT2D eigenvalue weighted by Gasteiger charge is -2.08. The Bertz CT molecular complexity index is 662. The molecule has 0 unspecified atom stereocenters. The minimum atomic E-state index is -0.933. The number of ether oxygens (including phenoxy) is 1. The van der Waals surface area contributed by atoms with Crippen LogP contribution in [0.1, 0.15) is 10.4 Å². The Kier molecular flexibility index (Phi) is 4.24. The molecule has 3 nitrogen and oxygen atoms in total. The highest BCUT2D eigenvalue weighted by molar-refractivity contribution is 7.99. The first-order valence-electron chi connectivity index (χ1n) is 5.62. The van der Waals surface area contributed by atoms with Crippen LogP contribution in [0.15, 0.2) is 46.2 Å². The number of methoxy groups -OCH3 is 1. The fourth-order valence-corrected chi connectivity index (χ4v) is 2.46. The summed E-state index contributed by atoms with van der Waals surface area (Å²) in [6.07, 6.45) is 0. The van der Waals surface area contributed by atoms with Gasteiger partial charge in [-0.1, -0.05) is 11.8 Å². The van der Waals surface area contributed by atoms with Gasteiger partial charge in [-0.15, -0.1) is 0 Å². The quantitative estimate of drug-likeness (QED) is 0.695. The zero-order chi connectivity index (χ0) is 14.7. The van der Waals surface area contributed by atoms with Gasteiger partial charge in [0.25, 0.3) is 0 Å². The average Bonchev–Trinajstić information content (AvgIpc) is 2.44. The number of nitrogen functional groups attached to an aromatic ring is 1. The lowest BCUT2D eigenvalue weighted by molar-refractivity contribution is 0.0600. The second-order valence-electron chi connectivity index (χ2n) is 3.92. The predicted molar refractivity (Wildman–Crippen MR) is 72.7 cm³/mol. The van der Waals surface area contributed by atoms with Gasteiger partial charge in [0.15, 0.2) is 11.6 Å². The summed E-state index contributed by atoms with van der Waals surface area (Å²) in [5, 5.41) is 0. The molecule has 0 fully saturated rings. The number of benzene rings is 2. The molecule has 0 aromatic heterocycles. The van der Waals surface area contributed by atoms with Crippen molar-refractivity contribution in [1.29, 1.82) is 0 Å². The lowest BCUT2D eigenvalue weighted by atomic mass is 10.2. The van der Waals surface area contributed by atoms with Crippen LogP contribution >= 0.6 is 11.8 Å². The second-order valence-corrected chi connectivity index (χ2v) is 5.04. The van der Waals surface area contributed by atoms with Crippen molar-refractivity contribution in [3.05, 3.63) is 53.6 Å². The molecule has 0 bridgehead atoms. The summed E-state index contributed by atoms with van der Waals surface area (Å²) in [6, 6.07) is 8.20. The Labute approximate surface area is 118 Å². The molecule has 0 aliphatic heterocycles. The largest absolute Gasteiger partial charge is 0.465 e. The van der Waals surface area contributed by atoms with E-state index >= 15 is 0 Å². The smallest absolute Gasteiger partial charge is 0.337 e. The van der Waals surface area contributed by atoms with E-state index in [1.165, 1.54) is 19.2 Å². The molecule has 2 rings (SSSR count). The first-order chi connectivity index (χ1) is 9.51. The van der Waals surface area contributed by atoms with E-state index in [2.05, 4.69) is 4.74 Å². The minimum absolute atomic E-state index is 0.340. The monoisotopic (exact) mass is 295 g/mol. The maximum atomic E-state index is 13.2. The molecule has 0 radical (unpaired) electrons. The number of carbonyl (C=O) groups excluding carboxylic acids is 1. The van der Waals surface area contributed by atoms with Crippen LogP contribution < -0.4 is 5.73 Å². The summed E-state index contributed by atoms with van der Waals surface area (Å²) in [6.45, 7) is 0. The van der Waals surface area contributed by atoms with Gasteiger partial charge in [-0.05, 0) is 36.4 Å². The van der Waals surface area contributed by atoms with Gasteiger partial charge in [-0.25, -0.2) is 13.6 Å². The number of rotatable bonds is 3. The molecule has 0 saturated carbocycles. The summed E-state index contributed by atoms with van der Waals surface area (Å²) >= 11 is 1.14. The molecule has 2 aromatic rings. The molecule has 20 heavy (non-hydrogen) atoms. The van der Waals surface area contributed by atoms with E-state index in [0.29, 0.717) is 21.0 Å². The highest BCUT2D eigenvalue weighted by Gasteiger charge is 2.10. The minimum Gasteiger partial charge on any atom is -0.465 e. The molecule has 0 aliphatic carbocycles. The number of anilines is 1. The molecule has 2 N–H and O–H groups in total. The standard InChI is InChI=1S/C14H11F2NO2S/c1-19-14(18)8-2-5-12(17)13(6-8)20-9-3-4-10(15)11(16)7-9/h2-7H,17H2,1H3. The van der Waals surface area contributed by atoms with Crippen molar-refractivity contribution in [2.45, 2.75) is 9.79 Å². The normalized spacial score (nSPS) is 10.3. The molecule has 104 valence electrons. The fourth-order valence-electron chi connectivity index (χ4n) is 1.53. The summed E-state index contributed by atoms with van der Waals surface area (Å²) in [5.74, 6) is -2.33. The number of hydrogen-bond donors (Lipinski definition) is 1. The van der Waals surface area contributed by atoms with E-state index in [-0.39, 0.29) is 0 Å². The first kappa shape index (κ1) is 14.3. The van der Waals surface area contributed by atoms with Gasteiger partial charge in [0.1, 0.15) is 0 Å². The highest BCUT2D eigenvalue weighted by Crippen LogP contribution is 2.33. The molecule has 2 aromatic carbocycles. The number of hydrogen-bond acceptors (Lipinski definition) is 4. The van der Waals surface area contributed by atoms with Crippen molar-refractivity contribution < 1.29 is 18.3 Å². The van der Waals surface area contributed by atoms with E-state index < -0.39 is 17.6 Å². The van der Waals surface area contributed by atoms with E-state index in [4.69, 9.17) is 5.73 Å². The highest BCUT2D eigenvalue weighted by atomic mass is 32.2. The Morgan fingerprint density at radius 2 is 1.90 bits per heavy atom. The van der Waals surface area contributed by atoms with Crippen molar-refractivity contribution in [2.24, 2.45) is 0 Å². The van der Waals surface area contributed by atoms with Crippen molar-refractivity contribution in [3.8, 4) is 0 Å². The van der Waals surface area contributed by atoms with Gasteiger partial charge < -0.3 is 10.5 Å². The Hall–Kier alpha value is -2.08. The fraction of sp³-hybridized carbons (Fsp3) is 0.0714. The lowest BCUT2D eigenvalue weighted by Crippen LogP contribution is -2.02. The molecular formula is C14H11F2NO2S. The maximum Gasteiger partial charge on any atom is 0.337 e. The third-order valence-corrected chi connectivity index (χ3v) is 3.62. The maximum absolute atomic E-state index is 13.2. The third-order valence-electron chi connectivity index (χ3n) is 2.55. The zero-order valence-corrected chi connectivity index (χ0v) is 11.3. The zero-order valence-electron chi connectivity index (χ0n) is 10.5. The van der Waals surface area contributed by atoms with E-state index in [1.807, 2.05) is 0 Å². The van der Waals surface area contributed by atoms with E-state index in [1.54, 1.807) is 12.1 Å². The summed E-state index contributed by atoms with van der Waals surface area (Å²) in [7, 11) is 1.28. The van der Waals surface area contributed by atoms with Crippen molar-refractivity contribution in [1.82, 2.24) is 0 Å². The Balaban J connectivity index is 2.32. The Morgan fingerprint density at radius 3 is 2.55 bits per heavy atom. The molecule has 0 spiro atoms. The van der Waals surface area contributed by atoms with Crippen molar-refractivity contribution >= 4 is 23.4 Å². The Morgan fingerprint density at radius 1 is 1.15 bits per heavy atom. The number of nitrogens with two attached hydrogens (primary N) is 1. The molecule has 0 amide bonds.